The molecule has 0 bridgehead atoms. The van der Waals surface area contributed by atoms with Crippen LogP contribution in [0.5, 0.6) is 0 Å². The van der Waals surface area contributed by atoms with Crippen molar-refractivity contribution in [3.63, 3.8) is 0 Å². The van der Waals surface area contributed by atoms with Crippen LogP contribution in [-0.4, -0.2) is 43.0 Å². The summed E-state index contributed by atoms with van der Waals surface area (Å²) in [6, 6.07) is -0.547. The number of hydrogen-bond donors (Lipinski definition) is 1. The van der Waals surface area contributed by atoms with Crippen molar-refractivity contribution in [1.29, 1.82) is 0 Å². The summed E-state index contributed by atoms with van der Waals surface area (Å²) in [6.45, 7) is 8.77. The molecule has 2 N–H and O–H groups in total. The average molecular weight is 286 g/mol. The first kappa shape index (κ1) is 18.9. The minimum absolute atomic E-state index is 0.0162. The molecule has 1 amide bonds. The van der Waals surface area contributed by atoms with Crippen LogP contribution in [-0.2, 0) is 14.3 Å². The van der Waals surface area contributed by atoms with Gasteiger partial charge < -0.3 is 15.4 Å². The predicted molar refractivity (Wildman–Crippen MR) is 80.1 cm³/mol. The Kier molecular flexibility index (Phi) is 9.21. The lowest BCUT2D eigenvalue weighted by molar-refractivity contribution is -0.148. The Labute approximate surface area is 122 Å². The molecule has 0 aliphatic heterocycles. The van der Waals surface area contributed by atoms with Crippen LogP contribution < -0.4 is 5.73 Å². The molecule has 0 aromatic carbocycles. The highest BCUT2D eigenvalue weighted by Gasteiger charge is 2.25. The number of carbonyl (C=O) groups excluding carboxylic acids is 2. The van der Waals surface area contributed by atoms with E-state index in [1.54, 1.807) is 4.90 Å². The zero-order valence-corrected chi connectivity index (χ0v) is 13.5. The molecule has 5 heteroatoms. The van der Waals surface area contributed by atoms with Crippen LogP contribution >= 0.6 is 0 Å². The predicted octanol–water partition coefficient (Wildman–Crippen LogP) is 1.80. The van der Waals surface area contributed by atoms with Crippen LogP contribution in [0.2, 0.25) is 0 Å². The van der Waals surface area contributed by atoms with Gasteiger partial charge in [-0.1, -0.05) is 40.5 Å². The van der Waals surface area contributed by atoms with Crippen LogP contribution in [0.15, 0.2) is 0 Å². The Balaban J connectivity index is 4.81. The topological polar surface area (TPSA) is 72.6 Å². The van der Waals surface area contributed by atoms with E-state index in [1.165, 1.54) is 7.11 Å². The minimum atomic E-state index is -0.547. The molecule has 0 aromatic heterocycles. The number of nitrogens with zero attached hydrogens (tertiary/aromatic N) is 1. The van der Waals surface area contributed by atoms with E-state index in [-0.39, 0.29) is 12.5 Å². The Morgan fingerprint density at radius 1 is 1.20 bits per heavy atom. The molecule has 0 aliphatic carbocycles. The lowest BCUT2D eigenvalue weighted by atomic mass is 10.0. The number of ether oxygens (including phenoxy) is 1. The second kappa shape index (κ2) is 9.75. The van der Waals surface area contributed by atoms with Gasteiger partial charge in [-0.25, -0.2) is 0 Å². The Morgan fingerprint density at radius 3 is 2.15 bits per heavy atom. The van der Waals surface area contributed by atoms with Crippen LogP contribution in [0, 0.1) is 11.8 Å². The van der Waals surface area contributed by atoms with E-state index in [4.69, 9.17) is 5.73 Å². The van der Waals surface area contributed by atoms with Crippen molar-refractivity contribution < 1.29 is 14.3 Å². The summed E-state index contributed by atoms with van der Waals surface area (Å²) in [5.74, 6) is 0.175. The standard InChI is InChI=1S/C15H30N2O3/c1-6-12(7-2)9-17(10-14(18)20-5)15(19)13(16)8-11(3)4/h11-13H,6-10,16H2,1-5H3. The van der Waals surface area contributed by atoms with Crippen LogP contribution in [0.4, 0.5) is 0 Å². The lowest BCUT2D eigenvalue weighted by Crippen LogP contribution is -2.48. The van der Waals surface area contributed by atoms with Gasteiger partial charge in [0.05, 0.1) is 13.2 Å². The van der Waals surface area contributed by atoms with Gasteiger partial charge in [0.25, 0.3) is 0 Å². The molecule has 0 saturated heterocycles. The summed E-state index contributed by atoms with van der Waals surface area (Å²) >= 11 is 0. The third-order valence-electron chi connectivity index (χ3n) is 3.54. The second-order valence-corrected chi connectivity index (χ2v) is 5.71. The molecule has 0 rings (SSSR count). The van der Waals surface area contributed by atoms with E-state index in [0.717, 1.165) is 12.8 Å². The Bertz CT molecular complexity index is 301. The highest BCUT2D eigenvalue weighted by Crippen LogP contribution is 2.13. The van der Waals surface area contributed by atoms with E-state index >= 15 is 0 Å². The normalized spacial score (nSPS) is 12.6. The zero-order valence-electron chi connectivity index (χ0n) is 13.5. The summed E-state index contributed by atoms with van der Waals surface area (Å²) in [7, 11) is 1.33. The fraction of sp³-hybridized carbons (Fsp3) is 0.867. The first-order valence-corrected chi connectivity index (χ1v) is 7.46. The smallest absolute Gasteiger partial charge is 0.325 e. The number of nitrogens with two attached hydrogens (primary N) is 1. The van der Waals surface area contributed by atoms with Crippen molar-refractivity contribution in [1.82, 2.24) is 4.90 Å². The number of amides is 1. The quantitative estimate of drug-likeness (QED) is 0.656. The third-order valence-corrected chi connectivity index (χ3v) is 3.54. The van der Waals surface area contributed by atoms with E-state index in [1.807, 2.05) is 13.8 Å². The molecule has 0 fully saturated rings. The van der Waals surface area contributed by atoms with Crippen LogP contribution in [0.25, 0.3) is 0 Å². The molecule has 118 valence electrons. The summed E-state index contributed by atoms with van der Waals surface area (Å²) in [6.07, 6.45) is 2.57. The van der Waals surface area contributed by atoms with Gasteiger partial charge in [0, 0.05) is 6.54 Å². The van der Waals surface area contributed by atoms with Gasteiger partial charge >= 0.3 is 5.97 Å². The minimum Gasteiger partial charge on any atom is -0.468 e. The molecule has 5 nitrogen and oxygen atoms in total. The maximum atomic E-state index is 12.4. The van der Waals surface area contributed by atoms with Crippen molar-refractivity contribution in [3.8, 4) is 0 Å². The van der Waals surface area contributed by atoms with Gasteiger partial charge in [0.2, 0.25) is 5.91 Å². The van der Waals surface area contributed by atoms with Crippen molar-refractivity contribution >= 4 is 11.9 Å². The van der Waals surface area contributed by atoms with Gasteiger partial charge in [0.15, 0.2) is 0 Å². The van der Waals surface area contributed by atoms with E-state index in [9.17, 15) is 9.59 Å². The van der Waals surface area contributed by atoms with Gasteiger partial charge in [-0.15, -0.1) is 0 Å². The molecule has 0 saturated carbocycles. The number of methoxy groups -OCH3 is 1. The van der Waals surface area contributed by atoms with Crippen molar-refractivity contribution in [2.45, 2.75) is 53.0 Å². The Morgan fingerprint density at radius 2 is 1.75 bits per heavy atom. The third kappa shape index (κ3) is 6.89. The van der Waals surface area contributed by atoms with E-state index in [2.05, 4.69) is 18.6 Å². The molecule has 0 spiro atoms. The maximum absolute atomic E-state index is 12.4. The molecule has 0 aromatic rings. The van der Waals surface area contributed by atoms with Gasteiger partial charge in [0.1, 0.15) is 6.54 Å². The largest absolute Gasteiger partial charge is 0.468 e. The molecule has 20 heavy (non-hydrogen) atoms. The average Bonchev–Trinajstić information content (AvgIpc) is 2.41. The molecular weight excluding hydrogens is 256 g/mol. The first-order chi connectivity index (χ1) is 9.35. The number of esters is 1. The summed E-state index contributed by atoms with van der Waals surface area (Å²) in [5.41, 5.74) is 5.95. The monoisotopic (exact) mass is 286 g/mol. The summed E-state index contributed by atoms with van der Waals surface area (Å²) < 4.78 is 4.67. The van der Waals surface area contributed by atoms with E-state index < -0.39 is 12.0 Å². The van der Waals surface area contributed by atoms with Crippen LogP contribution in [0.3, 0.4) is 0 Å². The number of hydrogen-bond acceptors (Lipinski definition) is 4. The Hall–Kier alpha value is -1.10. The first-order valence-electron chi connectivity index (χ1n) is 7.46. The molecule has 0 radical (unpaired) electrons. The van der Waals surface area contributed by atoms with Crippen LogP contribution in [0.1, 0.15) is 47.0 Å². The van der Waals surface area contributed by atoms with Gasteiger partial charge in [-0.2, -0.15) is 0 Å². The van der Waals surface area contributed by atoms with Crippen molar-refractivity contribution in [2.75, 3.05) is 20.2 Å². The fourth-order valence-electron chi connectivity index (χ4n) is 2.15. The molecule has 0 heterocycles. The lowest BCUT2D eigenvalue weighted by Gasteiger charge is -2.28. The molecule has 1 unspecified atom stereocenters. The van der Waals surface area contributed by atoms with E-state index in [0.29, 0.717) is 24.8 Å². The highest BCUT2D eigenvalue weighted by molar-refractivity contribution is 5.85. The fourth-order valence-corrected chi connectivity index (χ4v) is 2.15. The SMILES string of the molecule is CCC(CC)CN(CC(=O)OC)C(=O)C(N)CC(C)C. The van der Waals surface area contributed by atoms with Gasteiger partial charge in [-0.05, 0) is 18.3 Å². The second-order valence-electron chi connectivity index (χ2n) is 5.71. The van der Waals surface area contributed by atoms with Crippen molar-refractivity contribution in [2.24, 2.45) is 17.6 Å². The van der Waals surface area contributed by atoms with Crippen molar-refractivity contribution in [3.05, 3.63) is 0 Å². The number of rotatable bonds is 9. The molecular formula is C15H30N2O3. The summed E-state index contributed by atoms with van der Waals surface area (Å²) in [4.78, 5) is 25.4. The summed E-state index contributed by atoms with van der Waals surface area (Å²) in [5, 5.41) is 0. The molecule has 0 aliphatic rings. The molecule has 1 atom stereocenters. The number of carbonyl (C=O) groups is 2. The maximum Gasteiger partial charge on any atom is 0.325 e. The van der Waals surface area contributed by atoms with Gasteiger partial charge in [-0.3, -0.25) is 9.59 Å². The zero-order chi connectivity index (χ0) is 15.7. The highest BCUT2D eigenvalue weighted by atomic mass is 16.5.